The van der Waals surface area contributed by atoms with Crippen molar-refractivity contribution >= 4 is 35.1 Å². The third-order valence-electron chi connectivity index (χ3n) is 2.26. The van der Waals surface area contributed by atoms with Crippen molar-refractivity contribution in [3.8, 4) is 0 Å². The first-order chi connectivity index (χ1) is 8.00. The molecule has 0 fully saturated rings. The maximum Gasteiger partial charge on any atom is 0.206 e. The Morgan fingerprint density at radius 2 is 1.18 bits per heavy atom. The summed E-state index contributed by atoms with van der Waals surface area (Å²) in [6.45, 7) is 0. The molecular formula is C12H10O2S3. The Morgan fingerprint density at radius 1 is 0.765 bits per heavy atom. The van der Waals surface area contributed by atoms with Gasteiger partial charge in [-0.25, -0.2) is 8.42 Å². The Morgan fingerprint density at radius 3 is 1.53 bits per heavy atom. The molecule has 2 rings (SSSR count). The Labute approximate surface area is 111 Å². The van der Waals surface area contributed by atoms with Gasteiger partial charge in [-0.3, -0.25) is 0 Å². The van der Waals surface area contributed by atoms with Crippen LogP contribution in [0.1, 0.15) is 0 Å². The van der Waals surface area contributed by atoms with Gasteiger partial charge in [0.25, 0.3) is 0 Å². The average Bonchev–Trinajstić information content (AvgIpc) is 2.29. The maximum absolute atomic E-state index is 12.3. The van der Waals surface area contributed by atoms with Crippen molar-refractivity contribution in [3.63, 3.8) is 0 Å². The van der Waals surface area contributed by atoms with Crippen LogP contribution in [-0.4, -0.2) is 8.42 Å². The van der Waals surface area contributed by atoms with Gasteiger partial charge < -0.3 is 0 Å². The van der Waals surface area contributed by atoms with E-state index in [4.69, 9.17) is 0 Å². The first kappa shape index (κ1) is 12.5. The molecule has 2 aromatic carbocycles. The molecule has 0 aliphatic rings. The van der Waals surface area contributed by atoms with E-state index >= 15 is 0 Å². The van der Waals surface area contributed by atoms with E-state index in [9.17, 15) is 8.42 Å². The summed E-state index contributed by atoms with van der Waals surface area (Å²) in [4.78, 5) is 1.72. The van der Waals surface area contributed by atoms with Crippen LogP contribution in [0.15, 0.2) is 68.1 Å². The second kappa shape index (κ2) is 4.76. The van der Waals surface area contributed by atoms with Crippen LogP contribution < -0.4 is 0 Å². The molecule has 0 unspecified atom stereocenters. The molecular weight excluding hydrogens is 272 g/mol. The van der Waals surface area contributed by atoms with Gasteiger partial charge in [0.05, 0.1) is 9.79 Å². The van der Waals surface area contributed by atoms with E-state index in [1.54, 1.807) is 36.4 Å². The highest BCUT2D eigenvalue weighted by Crippen LogP contribution is 2.24. The van der Waals surface area contributed by atoms with Crippen LogP contribution in [0.25, 0.3) is 0 Å². The van der Waals surface area contributed by atoms with Crippen LogP contribution >= 0.6 is 25.3 Å². The molecule has 0 saturated carbocycles. The van der Waals surface area contributed by atoms with Crippen molar-refractivity contribution in [1.82, 2.24) is 0 Å². The highest BCUT2D eigenvalue weighted by molar-refractivity contribution is 7.91. The zero-order valence-electron chi connectivity index (χ0n) is 8.74. The third-order valence-corrected chi connectivity index (χ3v) is 4.56. The van der Waals surface area contributed by atoms with E-state index < -0.39 is 9.84 Å². The monoisotopic (exact) mass is 282 g/mol. The predicted octanol–water partition coefficient (Wildman–Crippen LogP) is 3.10. The number of benzene rings is 2. The van der Waals surface area contributed by atoms with Crippen LogP contribution in [0.4, 0.5) is 0 Å². The molecule has 2 nitrogen and oxygen atoms in total. The molecule has 5 heteroatoms. The number of rotatable bonds is 2. The fraction of sp³-hybridized carbons (Fsp3) is 0. The van der Waals surface area contributed by atoms with Crippen LogP contribution in [0.5, 0.6) is 0 Å². The highest BCUT2D eigenvalue weighted by Gasteiger charge is 2.17. The molecule has 0 aliphatic heterocycles. The minimum absolute atomic E-state index is 0.240. The zero-order chi connectivity index (χ0) is 12.5. The minimum Gasteiger partial charge on any atom is -0.219 e. The normalized spacial score (nSPS) is 11.4. The van der Waals surface area contributed by atoms with Gasteiger partial charge in [0.1, 0.15) is 0 Å². The quantitative estimate of drug-likeness (QED) is 0.830. The van der Waals surface area contributed by atoms with Crippen LogP contribution in [0.2, 0.25) is 0 Å². The predicted molar refractivity (Wildman–Crippen MR) is 72.8 cm³/mol. The maximum atomic E-state index is 12.3. The van der Waals surface area contributed by atoms with Crippen molar-refractivity contribution in [1.29, 1.82) is 0 Å². The van der Waals surface area contributed by atoms with Crippen molar-refractivity contribution in [2.45, 2.75) is 19.6 Å². The Balaban J connectivity index is 2.58. The van der Waals surface area contributed by atoms with Gasteiger partial charge in [-0.05, 0) is 36.4 Å². The van der Waals surface area contributed by atoms with E-state index in [2.05, 4.69) is 25.3 Å². The van der Waals surface area contributed by atoms with E-state index in [0.29, 0.717) is 9.79 Å². The number of sulfone groups is 1. The van der Waals surface area contributed by atoms with Crippen LogP contribution in [-0.2, 0) is 9.84 Å². The number of hydrogen-bond acceptors (Lipinski definition) is 4. The van der Waals surface area contributed by atoms with E-state index in [1.165, 1.54) is 12.1 Å². The SMILES string of the molecule is O=S(=O)(c1cccc(S)c1)c1cccc(S)c1. The van der Waals surface area contributed by atoms with Crippen LogP contribution in [0.3, 0.4) is 0 Å². The lowest BCUT2D eigenvalue weighted by Gasteiger charge is -2.05. The van der Waals surface area contributed by atoms with Gasteiger partial charge in [0.2, 0.25) is 9.84 Å². The van der Waals surface area contributed by atoms with E-state index in [0.717, 1.165) is 0 Å². The van der Waals surface area contributed by atoms with Crippen molar-refractivity contribution in [2.24, 2.45) is 0 Å². The molecule has 17 heavy (non-hydrogen) atoms. The first-order valence-corrected chi connectivity index (χ1v) is 7.21. The number of thiol groups is 2. The Kier molecular flexibility index (Phi) is 3.51. The summed E-state index contributed by atoms with van der Waals surface area (Å²) in [5, 5.41) is 0. The smallest absolute Gasteiger partial charge is 0.206 e. The van der Waals surface area contributed by atoms with Gasteiger partial charge in [0, 0.05) is 9.79 Å². The van der Waals surface area contributed by atoms with E-state index in [1.807, 2.05) is 0 Å². The standard InChI is InChI=1S/C12H10O2S3/c13-17(14,11-5-1-3-9(15)7-11)12-6-2-4-10(16)8-12/h1-8,15-16H. The lowest BCUT2D eigenvalue weighted by molar-refractivity contribution is 0.595. The van der Waals surface area contributed by atoms with Gasteiger partial charge >= 0.3 is 0 Å². The van der Waals surface area contributed by atoms with Gasteiger partial charge in [-0.2, -0.15) is 0 Å². The van der Waals surface area contributed by atoms with E-state index in [-0.39, 0.29) is 9.79 Å². The topological polar surface area (TPSA) is 34.1 Å². The summed E-state index contributed by atoms with van der Waals surface area (Å²) in [5.74, 6) is 0. The molecule has 0 aromatic heterocycles. The molecule has 2 aromatic rings. The molecule has 0 radical (unpaired) electrons. The summed E-state index contributed by atoms with van der Waals surface area (Å²) < 4.78 is 24.5. The highest BCUT2D eigenvalue weighted by atomic mass is 32.2. The summed E-state index contributed by atoms with van der Waals surface area (Å²) in [6.07, 6.45) is 0. The third kappa shape index (κ3) is 2.68. The number of hydrogen-bond donors (Lipinski definition) is 2. The largest absolute Gasteiger partial charge is 0.219 e. The molecule has 0 bridgehead atoms. The zero-order valence-corrected chi connectivity index (χ0v) is 11.3. The minimum atomic E-state index is -3.48. The molecule has 0 saturated heterocycles. The van der Waals surface area contributed by atoms with Crippen molar-refractivity contribution in [3.05, 3.63) is 48.5 Å². The Hall–Kier alpha value is -0.910. The molecule has 0 heterocycles. The van der Waals surface area contributed by atoms with Crippen LogP contribution in [0, 0.1) is 0 Å². The fourth-order valence-corrected chi connectivity index (χ4v) is 3.41. The van der Waals surface area contributed by atoms with Crippen molar-refractivity contribution < 1.29 is 8.42 Å². The lowest BCUT2D eigenvalue weighted by Crippen LogP contribution is -2.01. The molecule has 0 amide bonds. The molecule has 0 spiro atoms. The summed E-state index contributed by atoms with van der Waals surface area (Å²) in [5.41, 5.74) is 0. The molecule has 0 atom stereocenters. The summed E-state index contributed by atoms with van der Waals surface area (Å²) in [6, 6.07) is 13.0. The Bertz CT molecular complexity index is 597. The summed E-state index contributed by atoms with van der Waals surface area (Å²) in [7, 11) is -3.48. The average molecular weight is 282 g/mol. The lowest BCUT2D eigenvalue weighted by atomic mass is 10.4. The first-order valence-electron chi connectivity index (χ1n) is 4.83. The second-order valence-electron chi connectivity index (χ2n) is 3.50. The molecule has 0 N–H and O–H groups in total. The molecule has 88 valence electrons. The van der Waals surface area contributed by atoms with Gasteiger partial charge in [-0.15, -0.1) is 25.3 Å². The second-order valence-corrected chi connectivity index (χ2v) is 6.48. The molecule has 0 aliphatic carbocycles. The van der Waals surface area contributed by atoms with Gasteiger partial charge in [-0.1, -0.05) is 12.1 Å². The fourth-order valence-electron chi connectivity index (χ4n) is 1.44. The van der Waals surface area contributed by atoms with Crippen molar-refractivity contribution in [2.75, 3.05) is 0 Å². The van der Waals surface area contributed by atoms with Gasteiger partial charge in [0.15, 0.2) is 0 Å². The summed E-state index contributed by atoms with van der Waals surface area (Å²) >= 11 is 8.28.